The summed E-state index contributed by atoms with van der Waals surface area (Å²) in [6.45, 7) is 2.26. The molecule has 0 aromatic carbocycles. The van der Waals surface area contributed by atoms with E-state index >= 15 is 0 Å². The molecule has 4 heteroatoms. The molecule has 0 amide bonds. The number of ether oxygens (including phenoxy) is 1. The number of Topliss-reactive ketones (excluding diaryl/α,β-unsaturated/α-hetero) is 1. The maximum atomic E-state index is 12.1. The Hall–Kier alpha value is -1.29. The molecule has 4 nitrogen and oxygen atoms in total. The summed E-state index contributed by atoms with van der Waals surface area (Å²) in [5.41, 5.74) is 1.30. The van der Waals surface area contributed by atoms with Gasteiger partial charge in [-0.05, 0) is 44.4 Å². The van der Waals surface area contributed by atoms with Crippen molar-refractivity contribution in [2.45, 2.75) is 63.9 Å². The van der Waals surface area contributed by atoms with Gasteiger partial charge in [0.15, 0.2) is 11.6 Å². The zero-order valence-electron chi connectivity index (χ0n) is 13.0. The summed E-state index contributed by atoms with van der Waals surface area (Å²) >= 11 is 0. The van der Waals surface area contributed by atoms with Gasteiger partial charge in [0.05, 0.1) is 11.3 Å². The maximum absolute atomic E-state index is 12.1. The zero-order valence-corrected chi connectivity index (χ0v) is 13.0. The smallest absolute Gasteiger partial charge is 0.166 e. The third-order valence-electron chi connectivity index (χ3n) is 4.99. The number of carbonyl (C=O) groups is 1. The molecule has 1 fully saturated rings. The molecule has 0 N–H and O–H groups in total. The van der Waals surface area contributed by atoms with E-state index in [1.54, 1.807) is 13.3 Å². The minimum Gasteiger partial charge on any atom is -0.370 e. The van der Waals surface area contributed by atoms with Crippen LogP contribution in [0.1, 0.15) is 73.7 Å². The molecule has 1 heterocycles. The van der Waals surface area contributed by atoms with Crippen molar-refractivity contribution >= 4 is 5.78 Å². The van der Waals surface area contributed by atoms with Crippen molar-refractivity contribution in [3.8, 4) is 0 Å². The Morgan fingerprint density at radius 1 is 1.29 bits per heavy atom. The number of methoxy groups -OCH3 is 1. The Balaban J connectivity index is 1.98. The van der Waals surface area contributed by atoms with Crippen molar-refractivity contribution in [1.82, 2.24) is 9.97 Å². The van der Waals surface area contributed by atoms with E-state index in [4.69, 9.17) is 9.72 Å². The molecule has 0 bridgehead atoms. The van der Waals surface area contributed by atoms with Crippen molar-refractivity contribution in [2.24, 2.45) is 5.92 Å². The van der Waals surface area contributed by atoms with Gasteiger partial charge in [0.2, 0.25) is 0 Å². The second kappa shape index (κ2) is 5.84. The lowest BCUT2D eigenvalue weighted by Crippen LogP contribution is -2.36. The predicted octanol–water partition coefficient (Wildman–Crippen LogP) is 3.44. The van der Waals surface area contributed by atoms with Crippen LogP contribution in [-0.4, -0.2) is 22.9 Å². The van der Waals surface area contributed by atoms with Gasteiger partial charge in [0.1, 0.15) is 5.60 Å². The van der Waals surface area contributed by atoms with Gasteiger partial charge >= 0.3 is 0 Å². The number of hydrogen-bond acceptors (Lipinski definition) is 4. The van der Waals surface area contributed by atoms with Gasteiger partial charge in [0.25, 0.3) is 0 Å². The zero-order chi connectivity index (χ0) is 14.9. The van der Waals surface area contributed by atoms with Gasteiger partial charge in [-0.2, -0.15) is 0 Å². The molecule has 1 saturated carbocycles. The summed E-state index contributed by atoms with van der Waals surface area (Å²) < 4.78 is 5.87. The monoisotopic (exact) mass is 288 g/mol. The van der Waals surface area contributed by atoms with Gasteiger partial charge in [0, 0.05) is 19.7 Å². The van der Waals surface area contributed by atoms with E-state index < -0.39 is 0 Å². The Morgan fingerprint density at radius 2 is 2.10 bits per heavy atom. The number of fused-ring (bicyclic) bond motifs is 1. The Labute approximate surface area is 126 Å². The van der Waals surface area contributed by atoms with E-state index in [-0.39, 0.29) is 11.4 Å². The number of ketones is 1. The molecule has 0 radical (unpaired) electrons. The Kier molecular flexibility index (Phi) is 4.07. The highest BCUT2D eigenvalue weighted by Crippen LogP contribution is 2.41. The highest BCUT2D eigenvalue weighted by Gasteiger charge is 2.39. The summed E-state index contributed by atoms with van der Waals surface area (Å²) in [4.78, 5) is 21.4. The second-order valence-corrected chi connectivity index (χ2v) is 6.58. The van der Waals surface area contributed by atoms with Gasteiger partial charge < -0.3 is 4.74 Å². The molecule has 21 heavy (non-hydrogen) atoms. The molecule has 0 aliphatic heterocycles. The van der Waals surface area contributed by atoms with Crippen LogP contribution >= 0.6 is 0 Å². The first kappa shape index (κ1) is 14.6. The molecule has 1 aromatic rings. The van der Waals surface area contributed by atoms with Crippen molar-refractivity contribution in [3.05, 3.63) is 23.3 Å². The van der Waals surface area contributed by atoms with Crippen LogP contribution in [0.25, 0.3) is 0 Å². The minimum absolute atomic E-state index is 0.192. The van der Waals surface area contributed by atoms with Crippen LogP contribution in [0.15, 0.2) is 6.20 Å². The van der Waals surface area contributed by atoms with E-state index in [1.807, 2.05) is 0 Å². The Bertz CT molecular complexity index is 544. The molecule has 114 valence electrons. The fraction of sp³-hybridized carbons (Fsp3) is 0.706. The lowest BCUT2D eigenvalue weighted by Gasteiger charge is -2.37. The molecule has 0 saturated heterocycles. The number of carbonyl (C=O) groups excluding carboxylic acids is 1. The van der Waals surface area contributed by atoms with Crippen molar-refractivity contribution < 1.29 is 9.53 Å². The average Bonchev–Trinajstić information content (AvgIpc) is 2.68. The fourth-order valence-electron chi connectivity index (χ4n) is 3.76. The van der Waals surface area contributed by atoms with Crippen LogP contribution < -0.4 is 0 Å². The second-order valence-electron chi connectivity index (χ2n) is 6.58. The molecule has 0 spiro atoms. The predicted molar refractivity (Wildman–Crippen MR) is 80.2 cm³/mol. The topological polar surface area (TPSA) is 52.1 Å². The van der Waals surface area contributed by atoms with E-state index in [0.717, 1.165) is 55.6 Å². The van der Waals surface area contributed by atoms with Crippen LogP contribution in [0.4, 0.5) is 0 Å². The van der Waals surface area contributed by atoms with Gasteiger partial charge in [-0.1, -0.05) is 13.3 Å². The minimum atomic E-state index is -0.359. The van der Waals surface area contributed by atoms with Gasteiger partial charge in [-0.25, -0.2) is 9.97 Å². The van der Waals surface area contributed by atoms with E-state index in [0.29, 0.717) is 12.3 Å². The molecule has 2 unspecified atom stereocenters. The maximum Gasteiger partial charge on any atom is 0.166 e. The number of nitrogens with zero attached hydrogens (tertiary/aromatic N) is 2. The summed E-state index contributed by atoms with van der Waals surface area (Å²) in [6.07, 6.45) is 9.57. The number of aryl methyl sites for hydroxylation is 1. The summed E-state index contributed by atoms with van der Waals surface area (Å²) in [5, 5.41) is 0. The van der Waals surface area contributed by atoms with Gasteiger partial charge in [-0.15, -0.1) is 0 Å². The quantitative estimate of drug-likeness (QED) is 0.782. The van der Waals surface area contributed by atoms with E-state index in [2.05, 4.69) is 11.9 Å². The SMILES string of the molecule is COC1(c2ncc3c(n2)CCCCC3=O)CCCC(C)C1. The highest BCUT2D eigenvalue weighted by atomic mass is 16.5. The first-order chi connectivity index (χ1) is 10.1. The Morgan fingerprint density at radius 3 is 2.86 bits per heavy atom. The summed E-state index contributed by atoms with van der Waals surface area (Å²) in [5.74, 6) is 1.60. The van der Waals surface area contributed by atoms with Crippen molar-refractivity contribution in [2.75, 3.05) is 7.11 Å². The first-order valence-electron chi connectivity index (χ1n) is 8.09. The molecule has 2 aliphatic rings. The van der Waals surface area contributed by atoms with Gasteiger partial charge in [-0.3, -0.25) is 4.79 Å². The normalized spacial score (nSPS) is 29.8. The molecular weight excluding hydrogens is 264 g/mol. The van der Waals surface area contributed by atoms with Crippen LogP contribution in [0.3, 0.4) is 0 Å². The molecular formula is C17H24N2O2. The molecule has 2 aliphatic carbocycles. The average molecular weight is 288 g/mol. The molecule has 3 rings (SSSR count). The third-order valence-corrected chi connectivity index (χ3v) is 4.99. The van der Waals surface area contributed by atoms with Crippen LogP contribution in [-0.2, 0) is 16.8 Å². The van der Waals surface area contributed by atoms with E-state index in [9.17, 15) is 4.79 Å². The lowest BCUT2D eigenvalue weighted by atomic mass is 9.78. The van der Waals surface area contributed by atoms with Crippen LogP contribution in [0.5, 0.6) is 0 Å². The molecule has 2 atom stereocenters. The number of hydrogen-bond donors (Lipinski definition) is 0. The summed E-state index contributed by atoms with van der Waals surface area (Å²) in [7, 11) is 1.76. The van der Waals surface area contributed by atoms with Crippen molar-refractivity contribution in [3.63, 3.8) is 0 Å². The summed E-state index contributed by atoms with van der Waals surface area (Å²) in [6, 6.07) is 0. The van der Waals surface area contributed by atoms with E-state index in [1.165, 1.54) is 6.42 Å². The lowest BCUT2D eigenvalue weighted by molar-refractivity contribution is -0.0647. The number of rotatable bonds is 2. The molecule has 1 aromatic heterocycles. The highest BCUT2D eigenvalue weighted by molar-refractivity contribution is 5.97. The third kappa shape index (κ3) is 2.73. The largest absolute Gasteiger partial charge is 0.370 e. The van der Waals surface area contributed by atoms with Crippen LogP contribution in [0, 0.1) is 5.92 Å². The standard InChI is InChI=1S/C17H24N2O2/c1-12-6-5-9-17(10-12,21-2)16-18-11-13-14(19-16)7-3-4-8-15(13)20/h11-12H,3-10H2,1-2H3. The van der Waals surface area contributed by atoms with Crippen molar-refractivity contribution in [1.29, 1.82) is 0 Å². The fourth-order valence-corrected chi connectivity index (χ4v) is 3.76. The van der Waals surface area contributed by atoms with Crippen LogP contribution in [0.2, 0.25) is 0 Å². The number of aromatic nitrogens is 2. The first-order valence-corrected chi connectivity index (χ1v) is 8.09.